The van der Waals surface area contributed by atoms with E-state index in [-0.39, 0.29) is 18.7 Å². The van der Waals surface area contributed by atoms with Crippen molar-refractivity contribution in [2.24, 2.45) is 0 Å². The molecule has 27 heavy (non-hydrogen) atoms. The topological polar surface area (TPSA) is 67.6 Å². The van der Waals surface area contributed by atoms with E-state index in [9.17, 15) is 22.0 Å². The Bertz CT molecular complexity index is 964. The number of hydrogen-bond donors (Lipinski definition) is 0. The first-order valence-corrected chi connectivity index (χ1v) is 10.3. The van der Waals surface area contributed by atoms with Crippen molar-refractivity contribution in [3.05, 3.63) is 76.4 Å². The van der Waals surface area contributed by atoms with Crippen molar-refractivity contribution in [1.29, 1.82) is 0 Å². The molecule has 1 amide bonds. The third-order valence-corrected chi connectivity index (χ3v) is 6.13. The van der Waals surface area contributed by atoms with Crippen LogP contribution in [0.15, 0.2) is 69.7 Å². The van der Waals surface area contributed by atoms with Gasteiger partial charge in [0, 0.05) is 17.0 Å². The number of alkyl halides is 2. The number of carbonyl (C=O) groups is 1. The highest BCUT2D eigenvalue weighted by atomic mass is 32.2. The minimum Gasteiger partial charge on any atom is -0.472 e. The Morgan fingerprint density at radius 1 is 1.11 bits per heavy atom. The van der Waals surface area contributed by atoms with Gasteiger partial charge in [0.05, 0.1) is 29.5 Å². The predicted octanol–water partition coefficient (Wildman–Crippen LogP) is 4.18. The number of halogens is 2. The van der Waals surface area contributed by atoms with Gasteiger partial charge < -0.3 is 9.32 Å². The van der Waals surface area contributed by atoms with Crippen LogP contribution in [0.5, 0.6) is 0 Å². The number of carbonyl (C=O) groups excluding carboxylic acids is 1. The molecule has 0 saturated carbocycles. The molecule has 3 rings (SSSR count). The van der Waals surface area contributed by atoms with Gasteiger partial charge in [0.15, 0.2) is 0 Å². The van der Waals surface area contributed by atoms with Gasteiger partial charge >= 0.3 is 5.76 Å². The van der Waals surface area contributed by atoms with Crippen LogP contribution in [0.4, 0.5) is 8.78 Å². The maximum atomic E-state index is 13.1. The summed E-state index contributed by atoms with van der Waals surface area (Å²) in [4.78, 5) is 14.7. The Labute approximate surface area is 158 Å². The zero-order valence-corrected chi connectivity index (χ0v) is 15.6. The van der Waals surface area contributed by atoms with Gasteiger partial charge in [0.2, 0.25) is 9.84 Å². The average molecular weight is 411 g/mol. The van der Waals surface area contributed by atoms with Gasteiger partial charge in [-0.25, -0.2) is 8.42 Å². The number of sulfone groups is 1. The van der Waals surface area contributed by atoms with Gasteiger partial charge in [-0.15, -0.1) is 11.3 Å². The van der Waals surface area contributed by atoms with E-state index in [1.54, 1.807) is 6.07 Å². The standard InChI is InChI=1S/C18H15F2NO4S2/c19-18(20)27(23,24)16-6-2-1-5-15(16)17(22)21(10-13-7-8-25-12-13)11-14-4-3-9-26-14/h1-9,12,18H,10-11H2. The van der Waals surface area contributed by atoms with E-state index < -0.39 is 26.4 Å². The number of benzene rings is 1. The highest BCUT2D eigenvalue weighted by Gasteiger charge is 2.32. The zero-order valence-electron chi connectivity index (χ0n) is 13.9. The first-order valence-electron chi connectivity index (χ1n) is 7.83. The summed E-state index contributed by atoms with van der Waals surface area (Å²) < 4.78 is 55.0. The third kappa shape index (κ3) is 4.25. The van der Waals surface area contributed by atoms with Crippen molar-refractivity contribution in [3.8, 4) is 0 Å². The van der Waals surface area contributed by atoms with Gasteiger partial charge in [0.25, 0.3) is 5.91 Å². The summed E-state index contributed by atoms with van der Waals surface area (Å²) in [6, 6.07) is 10.4. The SMILES string of the molecule is O=C(c1ccccc1S(=O)(=O)C(F)F)N(Cc1ccoc1)Cc1cccs1. The van der Waals surface area contributed by atoms with Crippen molar-refractivity contribution >= 4 is 27.1 Å². The molecule has 5 nitrogen and oxygen atoms in total. The Balaban J connectivity index is 1.99. The van der Waals surface area contributed by atoms with E-state index >= 15 is 0 Å². The molecule has 0 saturated heterocycles. The maximum absolute atomic E-state index is 13.1. The second-order valence-electron chi connectivity index (χ2n) is 5.67. The smallest absolute Gasteiger partial charge is 0.341 e. The Kier molecular flexibility index (Phi) is 5.71. The van der Waals surface area contributed by atoms with Crippen molar-refractivity contribution in [3.63, 3.8) is 0 Å². The number of amides is 1. The van der Waals surface area contributed by atoms with E-state index in [0.717, 1.165) is 10.9 Å². The number of hydrogen-bond acceptors (Lipinski definition) is 5. The lowest BCUT2D eigenvalue weighted by Crippen LogP contribution is -2.31. The summed E-state index contributed by atoms with van der Waals surface area (Å²) in [6.07, 6.45) is 2.93. The van der Waals surface area contributed by atoms with Crippen molar-refractivity contribution in [2.45, 2.75) is 23.7 Å². The second kappa shape index (κ2) is 8.01. The summed E-state index contributed by atoms with van der Waals surface area (Å²) in [5, 5.41) is 1.85. The van der Waals surface area contributed by atoms with E-state index in [0.29, 0.717) is 5.56 Å². The molecule has 3 aromatic rings. The summed E-state index contributed by atoms with van der Waals surface area (Å²) in [7, 11) is -4.91. The number of rotatable bonds is 7. The average Bonchev–Trinajstić information content (AvgIpc) is 3.34. The highest BCUT2D eigenvalue weighted by molar-refractivity contribution is 7.91. The Hall–Kier alpha value is -2.52. The lowest BCUT2D eigenvalue weighted by molar-refractivity contribution is 0.0727. The van der Waals surface area contributed by atoms with Gasteiger partial charge in [0.1, 0.15) is 0 Å². The third-order valence-electron chi connectivity index (χ3n) is 3.83. The van der Waals surface area contributed by atoms with E-state index in [1.807, 2.05) is 17.5 Å². The molecule has 0 radical (unpaired) electrons. The highest BCUT2D eigenvalue weighted by Crippen LogP contribution is 2.25. The molecular formula is C18H15F2NO4S2. The number of furan rings is 1. The van der Waals surface area contributed by atoms with Gasteiger partial charge in [-0.1, -0.05) is 18.2 Å². The lowest BCUT2D eigenvalue weighted by atomic mass is 10.1. The molecule has 0 aliphatic rings. The molecule has 9 heteroatoms. The van der Waals surface area contributed by atoms with Crippen LogP contribution in [0.1, 0.15) is 20.8 Å². The van der Waals surface area contributed by atoms with Crippen LogP contribution < -0.4 is 0 Å². The molecule has 2 aromatic heterocycles. The predicted molar refractivity (Wildman–Crippen MR) is 96.2 cm³/mol. The fourth-order valence-corrected chi connectivity index (χ4v) is 4.19. The van der Waals surface area contributed by atoms with E-state index in [2.05, 4.69) is 0 Å². The second-order valence-corrected chi connectivity index (χ2v) is 8.59. The first-order chi connectivity index (χ1) is 12.9. The monoisotopic (exact) mass is 411 g/mol. The summed E-state index contributed by atoms with van der Waals surface area (Å²) in [5.41, 5.74) is 0.423. The van der Waals surface area contributed by atoms with Crippen LogP contribution in [0.25, 0.3) is 0 Å². The van der Waals surface area contributed by atoms with Crippen LogP contribution in [0, 0.1) is 0 Å². The van der Waals surface area contributed by atoms with Crippen LogP contribution in [0.2, 0.25) is 0 Å². The van der Waals surface area contributed by atoms with Crippen molar-refractivity contribution < 1.29 is 26.4 Å². The summed E-state index contributed by atoms with van der Waals surface area (Å²) >= 11 is 1.44. The van der Waals surface area contributed by atoms with Crippen LogP contribution >= 0.6 is 11.3 Å². The first kappa shape index (κ1) is 19.2. The minimum absolute atomic E-state index is 0.149. The molecule has 0 N–H and O–H groups in total. The number of nitrogens with zero attached hydrogens (tertiary/aromatic N) is 1. The van der Waals surface area contributed by atoms with E-state index in [4.69, 9.17) is 4.42 Å². The molecule has 0 aliphatic heterocycles. The fraction of sp³-hybridized carbons (Fsp3) is 0.167. The molecule has 0 unspecified atom stereocenters. The fourth-order valence-electron chi connectivity index (χ4n) is 2.55. The van der Waals surface area contributed by atoms with E-state index in [1.165, 1.54) is 47.0 Å². The normalized spacial score (nSPS) is 11.7. The molecule has 1 aromatic carbocycles. The van der Waals surface area contributed by atoms with Crippen LogP contribution in [-0.4, -0.2) is 25.0 Å². The van der Waals surface area contributed by atoms with Crippen molar-refractivity contribution in [2.75, 3.05) is 0 Å². The molecule has 142 valence electrons. The molecule has 0 spiro atoms. The minimum atomic E-state index is -4.91. The lowest BCUT2D eigenvalue weighted by Gasteiger charge is -2.23. The van der Waals surface area contributed by atoms with Gasteiger partial charge in [-0.05, 0) is 29.6 Å². The molecule has 0 atom stereocenters. The van der Waals surface area contributed by atoms with Crippen LogP contribution in [-0.2, 0) is 22.9 Å². The Morgan fingerprint density at radius 2 is 1.89 bits per heavy atom. The van der Waals surface area contributed by atoms with Crippen molar-refractivity contribution in [1.82, 2.24) is 4.90 Å². The van der Waals surface area contributed by atoms with Crippen LogP contribution in [0.3, 0.4) is 0 Å². The summed E-state index contributed by atoms with van der Waals surface area (Å²) in [6.45, 7) is 0.362. The number of thiophene rings is 1. The largest absolute Gasteiger partial charge is 0.472 e. The molecule has 2 heterocycles. The molecule has 0 fully saturated rings. The molecular weight excluding hydrogens is 396 g/mol. The quantitative estimate of drug-likeness (QED) is 0.585. The maximum Gasteiger partial charge on any atom is 0.341 e. The Morgan fingerprint density at radius 3 is 2.52 bits per heavy atom. The zero-order chi connectivity index (χ0) is 19.4. The summed E-state index contributed by atoms with van der Waals surface area (Å²) in [5.74, 6) is -4.25. The molecule has 0 bridgehead atoms. The van der Waals surface area contributed by atoms with Gasteiger partial charge in [-0.2, -0.15) is 8.78 Å². The van der Waals surface area contributed by atoms with Gasteiger partial charge in [-0.3, -0.25) is 4.79 Å². The molecule has 0 aliphatic carbocycles.